The molecule has 4 heteroatoms. The molecule has 0 spiro atoms. The molecule has 4 nitrogen and oxygen atoms in total. The second kappa shape index (κ2) is 8.67. The van der Waals surface area contributed by atoms with Gasteiger partial charge >= 0.3 is 5.97 Å². The molecule has 1 aromatic rings. The standard InChI is InChI=1S/C17H27NO3/c1-5-11-18-17(4,16(19)20-6-2)10-12-21-15-9-7-8-14(3)13-15/h7-9,13,18H,5-6,10-12H2,1-4H3. The van der Waals surface area contributed by atoms with Crippen molar-refractivity contribution < 1.29 is 14.3 Å². The maximum absolute atomic E-state index is 12.1. The lowest BCUT2D eigenvalue weighted by Crippen LogP contribution is -2.51. The molecular formula is C17H27NO3. The molecule has 118 valence electrons. The monoisotopic (exact) mass is 293 g/mol. The second-order valence-corrected chi connectivity index (χ2v) is 5.39. The molecule has 0 saturated carbocycles. The van der Waals surface area contributed by atoms with Crippen molar-refractivity contribution in [2.45, 2.75) is 46.1 Å². The molecule has 1 atom stereocenters. The quantitative estimate of drug-likeness (QED) is 0.711. The maximum Gasteiger partial charge on any atom is 0.326 e. The van der Waals surface area contributed by atoms with Gasteiger partial charge in [0.1, 0.15) is 11.3 Å². The third-order valence-electron chi connectivity index (χ3n) is 3.35. The Kier molecular flexibility index (Phi) is 7.23. The highest BCUT2D eigenvalue weighted by molar-refractivity contribution is 5.80. The summed E-state index contributed by atoms with van der Waals surface area (Å²) in [5, 5.41) is 3.27. The van der Waals surface area contributed by atoms with Crippen LogP contribution in [-0.2, 0) is 9.53 Å². The van der Waals surface area contributed by atoms with E-state index in [4.69, 9.17) is 9.47 Å². The molecule has 1 aromatic carbocycles. The lowest BCUT2D eigenvalue weighted by Gasteiger charge is -2.28. The average Bonchev–Trinajstić information content (AvgIpc) is 2.45. The van der Waals surface area contributed by atoms with E-state index in [9.17, 15) is 4.79 Å². The van der Waals surface area contributed by atoms with Crippen molar-refractivity contribution in [2.24, 2.45) is 0 Å². The SMILES string of the molecule is CCCNC(C)(CCOc1cccc(C)c1)C(=O)OCC. The molecule has 1 unspecified atom stereocenters. The van der Waals surface area contributed by atoms with Crippen LogP contribution >= 0.6 is 0 Å². The molecule has 0 aromatic heterocycles. The Labute approximate surface area is 127 Å². The zero-order chi connectivity index (χ0) is 15.7. The molecule has 0 aliphatic rings. The first-order valence-corrected chi connectivity index (χ1v) is 7.63. The largest absolute Gasteiger partial charge is 0.493 e. The van der Waals surface area contributed by atoms with E-state index in [1.807, 2.05) is 45.0 Å². The van der Waals surface area contributed by atoms with Gasteiger partial charge in [-0.2, -0.15) is 0 Å². The number of carbonyl (C=O) groups is 1. The van der Waals surface area contributed by atoms with Gasteiger partial charge in [-0.05, 0) is 51.4 Å². The summed E-state index contributed by atoms with van der Waals surface area (Å²) in [6, 6.07) is 7.90. The molecule has 1 rings (SSSR count). The summed E-state index contributed by atoms with van der Waals surface area (Å²) in [5.74, 6) is 0.614. The van der Waals surface area contributed by atoms with Crippen LogP contribution in [0.15, 0.2) is 24.3 Å². The van der Waals surface area contributed by atoms with E-state index >= 15 is 0 Å². The van der Waals surface area contributed by atoms with Gasteiger partial charge in [0.25, 0.3) is 0 Å². The summed E-state index contributed by atoms with van der Waals surface area (Å²) < 4.78 is 10.9. The van der Waals surface area contributed by atoms with Crippen molar-refractivity contribution in [3.63, 3.8) is 0 Å². The van der Waals surface area contributed by atoms with Gasteiger partial charge in [0.15, 0.2) is 0 Å². The number of ether oxygens (including phenoxy) is 2. The Morgan fingerprint density at radius 2 is 2.10 bits per heavy atom. The third kappa shape index (κ3) is 5.76. The van der Waals surface area contributed by atoms with Gasteiger partial charge in [0, 0.05) is 6.42 Å². The summed E-state index contributed by atoms with van der Waals surface area (Å²) in [6.07, 6.45) is 1.54. The third-order valence-corrected chi connectivity index (χ3v) is 3.35. The van der Waals surface area contributed by atoms with E-state index < -0.39 is 5.54 Å². The van der Waals surface area contributed by atoms with Crippen molar-refractivity contribution in [3.8, 4) is 5.75 Å². The van der Waals surface area contributed by atoms with E-state index in [2.05, 4.69) is 12.2 Å². The number of hydrogen-bond acceptors (Lipinski definition) is 4. The number of rotatable bonds is 9. The summed E-state index contributed by atoms with van der Waals surface area (Å²) in [4.78, 5) is 12.1. The fourth-order valence-corrected chi connectivity index (χ4v) is 2.03. The lowest BCUT2D eigenvalue weighted by atomic mass is 9.98. The average molecular weight is 293 g/mol. The molecule has 0 saturated heterocycles. The van der Waals surface area contributed by atoms with Crippen LogP contribution in [0.1, 0.15) is 39.2 Å². The fourth-order valence-electron chi connectivity index (χ4n) is 2.03. The van der Waals surface area contributed by atoms with Crippen LogP contribution in [0.25, 0.3) is 0 Å². The molecule has 0 fully saturated rings. The van der Waals surface area contributed by atoms with Gasteiger partial charge in [-0.25, -0.2) is 0 Å². The van der Waals surface area contributed by atoms with Crippen LogP contribution in [0.4, 0.5) is 0 Å². The number of aryl methyl sites for hydroxylation is 1. The molecule has 0 aliphatic carbocycles. The van der Waals surface area contributed by atoms with Gasteiger partial charge in [-0.15, -0.1) is 0 Å². The molecule has 0 aliphatic heterocycles. The van der Waals surface area contributed by atoms with Crippen LogP contribution in [-0.4, -0.2) is 31.3 Å². The predicted octanol–water partition coefficient (Wildman–Crippen LogP) is 3.09. The maximum atomic E-state index is 12.1. The van der Waals surface area contributed by atoms with E-state index in [1.165, 1.54) is 0 Å². The molecule has 0 heterocycles. The highest BCUT2D eigenvalue weighted by Gasteiger charge is 2.33. The Bertz CT molecular complexity index is 447. The Hall–Kier alpha value is -1.55. The Morgan fingerprint density at radius 1 is 1.33 bits per heavy atom. The van der Waals surface area contributed by atoms with Gasteiger partial charge in [0.05, 0.1) is 13.2 Å². The number of carbonyl (C=O) groups excluding carboxylic acids is 1. The second-order valence-electron chi connectivity index (χ2n) is 5.39. The zero-order valence-corrected chi connectivity index (χ0v) is 13.6. The highest BCUT2D eigenvalue weighted by Crippen LogP contribution is 2.16. The summed E-state index contributed by atoms with van der Waals surface area (Å²) in [6.45, 7) is 9.43. The van der Waals surface area contributed by atoms with Gasteiger partial charge in [0.2, 0.25) is 0 Å². The minimum Gasteiger partial charge on any atom is -0.493 e. The number of esters is 1. The van der Waals surface area contributed by atoms with E-state index in [0.29, 0.717) is 19.6 Å². The van der Waals surface area contributed by atoms with Crippen molar-refractivity contribution in [1.82, 2.24) is 5.32 Å². The van der Waals surface area contributed by atoms with Crippen molar-refractivity contribution in [2.75, 3.05) is 19.8 Å². The molecule has 21 heavy (non-hydrogen) atoms. The van der Waals surface area contributed by atoms with Crippen LogP contribution in [0.5, 0.6) is 5.75 Å². The highest BCUT2D eigenvalue weighted by atomic mass is 16.5. The molecule has 1 N–H and O–H groups in total. The van der Waals surface area contributed by atoms with E-state index in [1.54, 1.807) is 0 Å². The fraction of sp³-hybridized carbons (Fsp3) is 0.588. The predicted molar refractivity (Wildman–Crippen MR) is 84.6 cm³/mol. The van der Waals surface area contributed by atoms with Crippen LogP contribution in [0.2, 0.25) is 0 Å². The first-order chi connectivity index (χ1) is 10.0. The van der Waals surface area contributed by atoms with Crippen molar-refractivity contribution >= 4 is 5.97 Å². The smallest absolute Gasteiger partial charge is 0.326 e. The van der Waals surface area contributed by atoms with Gasteiger partial charge < -0.3 is 14.8 Å². The number of benzene rings is 1. The van der Waals surface area contributed by atoms with Crippen LogP contribution in [0, 0.1) is 6.92 Å². The van der Waals surface area contributed by atoms with Crippen molar-refractivity contribution in [1.29, 1.82) is 0 Å². The molecule has 0 amide bonds. The van der Waals surface area contributed by atoms with Crippen molar-refractivity contribution in [3.05, 3.63) is 29.8 Å². The molecule has 0 radical (unpaired) electrons. The number of hydrogen-bond donors (Lipinski definition) is 1. The van der Waals surface area contributed by atoms with Gasteiger partial charge in [-0.3, -0.25) is 4.79 Å². The first-order valence-electron chi connectivity index (χ1n) is 7.63. The first kappa shape index (κ1) is 17.5. The number of nitrogens with one attached hydrogen (secondary N) is 1. The van der Waals surface area contributed by atoms with E-state index in [0.717, 1.165) is 24.3 Å². The van der Waals surface area contributed by atoms with Gasteiger partial charge in [-0.1, -0.05) is 19.1 Å². The minimum absolute atomic E-state index is 0.216. The van der Waals surface area contributed by atoms with Crippen LogP contribution < -0.4 is 10.1 Å². The normalized spacial score (nSPS) is 13.5. The lowest BCUT2D eigenvalue weighted by molar-refractivity contribution is -0.151. The zero-order valence-electron chi connectivity index (χ0n) is 13.6. The Morgan fingerprint density at radius 3 is 2.71 bits per heavy atom. The van der Waals surface area contributed by atoms with Crippen LogP contribution in [0.3, 0.4) is 0 Å². The van der Waals surface area contributed by atoms with E-state index in [-0.39, 0.29) is 5.97 Å². The minimum atomic E-state index is -0.699. The Balaban J connectivity index is 2.58. The summed E-state index contributed by atoms with van der Waals surface area (Å²) in [7, 11) is 0. The molecule has 0 bridgehead atoms. The summed E-state index contributed by atoms with van der Waals surface area (Å²) in [5.41, 5.74) is 0.459. The molecular weight excluding hydrogens is 266 g/mol. The topological polar surface area (TPSA) is 47.6 Å². The summed E-state index contributed by atoms with van der Waals surface area (Å²) >= 11 is 0.